The van der Waals surface area contributed by atoms with E-state index in [-0.39, 0.29) is 5.91 Å². The van der Waals surface area contributed by atoms with Crippen LogP contribution in [-0.2, 0) is 4.79 Å². The fraction of sp³-hybridized carbons (Fsp3) is 0.889. The molecule has 0 heterocycles. The van der Waals surface area contributed by atoms with Crippen molar-refractivity contribution in [3.8, 4) is 0 Å². The molecule has 3 heteroatoms. The first-order valence-corrected chi connectivity index (χ1v) is 4.43. The van der Waals surface area contributed by atoms with Gasteiger partial charge in [0, 0.05) is 25.4 Å². The van der Waals surface area contributed by atoms with Crippen LogP contribution in [0.15, 0.2) is 0 Å². The molecule has 1 fully saturated rings. The Morgan fingerprint density at radius 2 is 2.08 bits per heavy atom. The Balaban J connectivity index is 2.25. The summed E-state index contributed by atoms with van der Waals surface area (Å²) < 4.78 is 0. The maximum Gasteiger partial charge on any atom is 0.216 e. The molecule has 12 heavy (non-hydrogen) atoms. The lowest BCUT2D eigenvalue weighted by Crippen LogP contribution is -2.34. The van der Waals surface area contributed by atoms with Crippen LogP contribution in [0.2, 0.25) is 0 Å². The smallest absolute Gasteiger partial charge is 0.216 e. The van der Waals surface area contributed by atoms with Crippen LogP contribution in [0.1, 0.15) is 19.8 Å². The third-order valence-corrected chi connectivity index (χ3v) is 2.32. The van der Waals surface area contributed by atoms with Crippen molar-refractivity contribution in [2.45, 2.75) is 19.8 Å². The van der Waals surface area contributed by atoms with E-state index >= 15 is 0 Å². The van der Waals surface area contributed by atoms with Crippen molar-refractivity contribution in [1.82, 2.24) is 10.2 Å². The summed E-state index contributed by atoms with van der Waals surface area (Å²) >= 11 is 0. The van der Waals surface area contributed by atoms with E-state index in [9.17, 15) is 4.79 Å². The molecule has 0 aromatic carbocycles. The third kappa shape index (κ3) is 2.81. The summed E-state index contributed by atoms with van der Waals surface area (Å²) in [5.41, 5.74) is 0.398. The van der Waals surface area contributed by atoms with E-state index in [1.54, 1.807) is 6.92 Å². The zero-order valence-electron chi connectivity index (χ0n) is 8.18. The first-order chi connectivity index (χ1) is 5.54. The molecule has 0 aromatic rings. The fourth-order valence-electron chi connectivity index (χ4n) is 1.55. The molecule has 1 aliphatic rings. The Labute approximate surface area is 74.1 Å². The van der Waals surface area contributed by atoms with Crippen molar-refractivity contribution in [2.75, 3.05) is 27.2 Å². The molecule has 3 nitrogen and oxygen atoms in total. The Hall–Kier alpha value is -0.570. The quantitative estimate of drug-likeness (QED) is 0.665. The SMILES string of the molecule is CC(=O)NCC1(CN(C)C)CC1. The van der Waals surface area contributed by atoms with Crippen LogP contribution in [0.3, 0.4) is 0 Å². The van der Waals surface area contributed by atoms with Gasteiger partial charge in [0.05, 0.1) is 0 Å². The van der Waals surface area contributed by atoms with Gasteiger partial charge in [-0.25, -0.2) is 0 Å². The molecule has 1 N–H and O–H groups in total. The Bertz CT molecular complexity index is 173. The summed E-state index contributed by atoms with van der Waals surface area (Å²) in [5.74, 6) is 0.0834. The average Bonchev–Trinajstić information content (AvgIpc) is 2.64. The second-order valence-electron chi connectivity index (χ2n) is 4.15. The van der Waals surface area contributed by atoms with E-state index in [1.165, 1.54) is 12.8 Å². The van der Waals surface area contributed by atoms with Gasteiger partial charge in [-0.15, -0.1) is 0 Å². The lowest BCUT2D eigenvalue weighted by Gasteiger charge is -2.19. The molecule has 0 radical (unpaired) electrons. The summed E-state index contributed by atoms with van der Waals surface area (Å²) in [7, 11) is 4.15. The molecule has 0 unspecified atom stereocenters. The highest BCUT2D eigenvalue weighted by Crippen LogP contribution is 2.45. The molecule has 1 aliphatic carbocycles. The average molecular weight is 170 g/mol. The van der Waals surface area contributed by atoms with E-state index in [2.05, 4.69) is 24.3 Å². The van der Waals surface area contributed by atoms with Crippen LogP contribution in [0.25, 0.3) is 0 Å². The van der Waals surface area contributed by atoms with Gasteiger partial charge in [-0.2, -0.15) is 0 Å². The molecular formula is C9H18N2O. The van der Waals surface area contributed by atoms with Gasteiger partial charge in [0.2, 0.25) is 5.91 Å². The Morgan fingerprint density at radius 3 is 2.42 bits per heavy atom. The van der Waals surface area contributed by atoms with E-state index in [1.807, 2.05) is 0 Å². The molecule has 0 atom stereocenters. The number of rotatable bonds is 4. The minimum absolute atomic E-state index is 0.0834. The standard InChI is InChI=1S/C9H18N2O/c1-8(12)10-6-9(4-5-9)7-11(2)3/h4-7H2,1-3H3,(H,10,12). The summed E-state index contributed by atoms with van der Waals surface area (Å²) in [6, 6.07) is 0. The van der Waals surface area contributed by atoms with Gasteiger partial charge >= 0.3 is 0 Å². The highest BCUT2D eigenvalue weighted by Gasteiger charge is 2.42. The van der Waals surface area contributed by atoms with Gasteiger partial charge in [-0.3, -0.25) is 4.79 Å². The van der Waals surface area contributed by atoms with Crippen molar-refractivity contribution < 1.29 is 4.79 Å². The number of carbonyl (C=O) groups excluding carboxylic acids is 1. The minimum atomic E-state index is 0.0834. The van der Waals surface area contributed by atoms with E-state index in [0.29, 0.717) is 5.41 Å². The molecule has 1 amide bonds. The molecule has 0 bridgehead atoms. The van der Waals surface area contributed by atoms with Crippen LogP contribution < -0.4 is 5.32 Å². The Morgan fingerprint density at radius 1 is 1.50 bits per heavy atom. The van der Waals surface area contributed by atoms with Crippen molar-refractivity contribution in [1.29, 1.82) is 0 Å². The fourth-order valence-corrected chi connectivity index (χ4v) is 1.55. The predicted octanol–water partition coefficient (Wildman–Crippen LogP) is 0.464. The number of amides is 1. The van der Waals surface area contributed by atoms with Gasteiger partial charge in [-0.05, 0) is 26.9 Å². The predicted molar refractivity (Wildman–Crippen MR) is 48.9 cm³/mol. The molecule has 0 saturated heterocycles. The lowest BCUT2D eigenvalue weighted by atomic mass is 10.1. The zero-order valence-corrected chi connectivity index (χ0v) is 8.18. The summed E-state index contributed by atoms with van der Waals surface area (Å²) in [4.78, 5) is 12.9. The second kappa shape index (κ2) is 3.44. The monoisotopic (exact) mass is 170 g/mol. The first kappa shape index (κ1) is 9.52. The normalized spacial score (nSPS) is 19.3. The summed E-state index contributed by atoms with van der Waals surface area (Å²) in [5, 5.41) is 2.89. The number of hydrogen-bond acceptors (Lipinski definition) is 2. The zero-order chi connectivity index (χ0) is 9.19. The molecule has 1 rings (SSSR count). The first-order valence-electron chi connectivity index (χ1n) is 4.43. The minimum Gasteiger partial charge on any atom is -0.356 e. The Kier molecular flexibility index (Phi) is 2.73. The van der Waals surface area contributed by atoms with Gasteiger partial charge in [0.1, 0.15) is 0 Å². The maximum absolute atomic E-state index is 10.7. The van der Waals surface area contributed by atoms with Crippen LogP contribution in [-0.4, -0.2) is 38.0 Å². The molecule has 70 valence electrons. The largest absolute Gasteiger partial charge is 0.356 e. The van der Waals surface area contributed by atoms with Crippen LogP contribution in [0.5, 0.6) is 0 Å². The molecular weight excluding hydrogens is 152 g/mol. The van der Waals surface area contributed by atoms with Crippen molar-refractivity contribution in [3.05, 3.63) is 0 Å². The molecule has 0 aliphatic heterocycles. The second-order valence-corrected chi connectivity index (χ2v) is 4.15. The van der Waals surface area contributed by atoms with Gasteiger partial charge in [-0.1, -0.05) is 0 Å². The van der Waals surface area contributed by atoms with Crippen LogP contribution >= 0.6 is 0 Å². The van der Waals surface area contributed by atoms with E-state index in [0.717, 1.165) is 13.1 Å². The summed E-state index contributed by atoms with van der Waals surface area (Å²) in [6.45, 7) is 3.51. The molecule has 0 spiro atoms. The molecule has 0 aromatic heterocycles. The van der Waals surface area contributed by atoms with E-state index in [4.69, 9.17) is 0 Å². The highest BCUT2D eigenvalue weighted by atomic mass is 16.1. The third-order valence-electron chi connectivity index (χ3n) is 2.32. The lowest BCUT2D eigenvalue weighted by molar-refractivity contribution is -0.119. The van der Waals surface area contributed by atoms with Gasteiger partial charge in [0.25, 0.3) is 0 Å². The molecule has 1 saturated carbocycles. The maximum atomic E-state index is 10.7. The number of hydrogen-bond donors (Lipinski definition) is 1. The van der Waals surface area contributed by atoms with Crippen molar-refractivity contribution in [2.24, 2.45) is 5.41 Å². The van der Waals surface area contributed by atoms with Gasteiger partial charge < -0.3 is 10.2 Å². The van der Waals surface area contributed by atoms with Crippen molar-refractivity contribution in [3.63, 3.8) is 0 Å². The number of nitrogens with one attached hydrogen (secondary N) is 1. The van der Waals surface area contributed by atoms with E-state index < -0.39 is 0 Å². The van der Waals surface area contributed by atoms with Crippen LogP contribution in [0.4, 0.5) is 0 Å². The van der Waals surface area contributed by atoms with Crippen LogP contribution in [0, 0.1) is 5.41 Å². The van der Waals surface area contributed by atoms with Gasteiger partial charge in [0.15, 0.2) is 0 Å². The van der Waals surface area contributed by atoms with Crippen molar-refractivity contribution >= 4 is 5.91 Å². The highest BCUT2D eigenvalue weighted by molar-refractivity contribution is 5.72. The summed E-state index contributed by atoms with van der Waals surface area (Å²) in [6.07, 6.45) is 2.51. The number of carbonyl (C=O) groups is 1. The number of nitrogens with zero attached hydrogens (tertiary/aromatic N) is 1. The topological polar surface area (TPSA) is 32.3 Å².